The Bertz CT molecular complexity index is 779. The zero-order valence-corrected chi connectivity index (χ0v) is 15.3. The van der Waals surface area contributed by atoms with Crippen LogP contribution in [0.2, 0.25) is 0 Å². The first-order chi connectivity index (χ1) is 11.9. The molecule has 9 heteroatoms. The molecule has 2 N–H and O–H groups in total. The molecule has 0 atom stereocenters. The van der Waals surface area contributed by atoms with E-state index in [9.17, 15) is 9.36 Å². The minimum absolute atomic E-state index is 0.0142. The lowest BCUT2D eigenvalue weighted by atomic mass is 10.1. The molecule has 0 saturated carbocycles. The monoisotopic (exact) mass is 372 g/mol. The Hall–Kier alpha value is -1.47. The van der Waals surface area contributed by atoms with Crippen LogP contribution in [0.1, 0.15) is 44.8 Å². The van der Waals surface area contributed by atoms with Gasteiger partial charge >= 0.3 is 13.3 Å². The first-order valence-corrected chi connectivity index (χ1v) is 10.3. The number of rotatable bonds is 11. The highest BCUT2D eigenvalue weighted by Crippen LogP contribution is 2.33. The summed E-state index contributed by atoms with van der Waals surface area (Å²) in [7, 11) is -4.19. The first-order valence-electron chi connectivity index (χ1n) is 8.51. The van der Waals surface area contributed by atoms with Gasteiger partial charge in [0.25, 0.3) is 0 Å². The molecular formula is C16H25N2O6P. The van der Waals surface area contributed by atoms with Gasteiger partial charge in [-0.1, -0.05) is 32.6 Å². The van der Waals surface area contributed by atoms with Crippen LogP contribution in [0, 0.1) is 0 Å². The number of hydrogen-bond donors (Lipinski definition) is 2. The molecule has 2 aromatic rings. The third kappa shape index (κ3) is 6.74. The van der Waals surface area contributed by atoms with Crippen molar-refractivity contribution < 1.29 is 23.5 Å². The Morgan fingerprint density at radius 3 is 2.76 bits per heavy atom. The molecule has 0 bridgehead atoms. The van der Waals surface area contributed by atoms with Crippen LogP contribution >= 0.6 is 7.60 Å². The van der Waals surface area contributed by atoms with E-state index in [-0.39, 0.29) is 13.2 Å². The van der Waals surface area contributed by atoms with E-state index < -0.39 is 19.6 Å². The number of ether oxygens (including phenoxy) is 1. The number of furan rings is 1. The maximum Gasteiger partial charge on any atom is 0.350 e. The third-order valence-electron chi connectivity index (χ3n) is 3.79. The Balaban J connectivity index is 1.93. The van der Waals surface area contributed by atoms with Gasteiger partial charge in [-0.15, -0.1) is 0 Å². The molecule has 2 rings (SSSR count). The summed E-state index contributed by atoms with van der Waals surface area (Å²) in [6, 6.07) is 1.88. The summed E-state index contributed by atoms with van der Waals surface area (Å²) in [6.45, 7) is 2.36. The summed E-state index contributed by atoms with van der Waals surface area (Å²) in [6.07, 6.45) is 7.65. The summed E-state index contributed by atoms with van der Waals surface area (Å²) in [5.41, 5.74) is -0.155. The second-order valence-corrected chi connectivity index (χ2v) is 7.64. The topological polar surface area (TPSA) is 115 Å². The van der Waals surface area contributed by atoms with E-state index in [1.165, 1.54) is 23.8 Å². The highest BCUT2D eigenvalue weighted by atomic mass is 31.2. The van der Waals surface area contributed by atoms with Crippen molar-refractivity contribution in [3.05, 3.63) is 28.5 Å². The summed E-state index contributed by atoms with van der Waals surface area (Å²) >= 11 is 0. The van der Waals surface area contributed by atoms with Gasteiger partial charge in [0.2, 0.25) is 5.71 Å². The lowest BCUT2D eigenvalue weighted by Crippen LogP contribution is -2.24. The second kappa shape index (κ2) is 9.29. The number of nitrogens with zero attached hydrogens (tertiary/aromatic N) is 2. The molecule has 0 saturated heterocycles. The SMILES string of the molecule is CCCCCCCc1cc2cn(CCOCP(=O)(O)O)c(=O)nc2o1. The standard InChI is InChI=1S/C16H25N2O6P/c1-2-3-4-5-6-7-14-10-13-11-18(16(19)17-15(13)24-14)8-9-23-12-25(20,21)22/h10-11H,2-9,12H2,1H3,(H2,20,21,22). The van der Waals surface area contributed by atoms with Gasteiger partial charge in [-0.25, -0.2) is 4.79 Å². The third-order valence-corrected chi connectivity index (χ3v) is 4.31. The fourth-order valence-corrected chi connectivity index (χ4v) is 2.90. The summed E-state index contributed by atoms with van der Waals surface area (Å²) in [5, 5.41) is 0.734. The normalized spacial score (nSPS) is 12.1. The van der Waals surface area contributed by atoms with Gasteiger partial charge < -0.3 is 18.9 Å². The van der Waals surface area contributed by atoms with Crippen LogP contribution in [0.15, 0.2) is 21.5 Å². The molecule has 2 heterocycles. The number of fused-ring (bicyclic) bond motifs is 1. The van der Waals surface area contributed by atoms with E-state index in [1.54, 1.807) is 6.20 Å². The van der Waals surface area contributed by atoms with Crippen molar-refractivity contribution in [2.24, 2.45) is 0 Å². The van der Waals surface area contributed by atoms with E-state index >= 15 is 0 Å². The van der Waals surface area contributed by atoms with E-state index in [0.717, 1.165) is 30.4 Å². The fraction of sp³-hybridized carbons (Fsp3) is 0.625. The smallest absolute Gasteiger partial charge is 0.350 e. The minimum Gasteiger partial charge on any atom is -0.443 e. The maximum atomic E-state index is 11.9. The Kier molecular flexibility index (Phi) is 7.38. The van der Waals surface area contributed by atoms with Crippen molar-refractivity contribution in [1.82, 2.24) is 9.55 Å². The van der Waals surface area contributed by atoms with Gasteiger partial charge in [-0.05, 0) is 12.5 Å². The molecule has 2 aromatic heterocycles. The van der Waals surface area contributed by atoms with E-state index in [0.29, 0.717) is 5.71 Å². The van der Waals surface area contributed by atoms with Crippen LogP contribution in [0.25, 0.3) is 11.1 Å². The number of hydrogen-bond acceptors (Lipinski definition) is 5. The Labute approximate surface area is 146 Å². The van der Waals surface area contributed by atoms with E-state index in [2.05, 4.69) is 11.9 Å². The lowest BCUT2D eigenvalue weighted by molar-refractivity contribution is 0.148. The minimum atomic E-state index is -4.19. The van der Waals surface area contributed by atoms with E-state index in [1.807, 2.05) is 6.07 Å². The van der Waals surface area contributed by atoms with Crippen LogP contribution in [0.5, 0.6) is 0 Å². The zero-order chi connectivity index (χ0) is 18.3. The quantitative estimate of drug-likeness (QED) is 0.460. The van der Waals surface area contributed by atoms with Crippen molar-refractivity contribution >= 4 is 18.7 Å². The molecule has 0 amide bonds. The molecule has 0 aromatic carbocycles. The number of aromatic nitrogens is 2. The van der Waals surface area contributed by atoms with Crippen LogP contribution in [0.4, 0.5) is 0 Å². The predicted octanol–water partition coefficient (Wildman–Crippen LogP) is 2.65. The maximum absolute atomic E-state index is 11.9. The average molecular weight is 372 g/mol. The van der Waals surface area contributed by atoms with Crippen molar-refractivity contribution in [2.45, 2.75) is 52.0 Å². The lowest BCUT2D eigenvalue weighted by Gasteiger charge is -2.07. The fourth-order valence-electron chi connectivity index (χ4n) is 2.53. The largest absolute Gasteiger partial charge is 0.443 e. The van der Waals surface area contributed by atoms with Gasteiger partial charge in [0.1, 0.15) is 12.1 Å². The van der Waals surface area contributed by atoms with Crippen molar-refractivity contribution in [2.75, 3.05) is 13.0 Å². The van der Waals surface area contributed by atoms with Crippen molar-refractivity contribution in [3.8, 4) is 0 Å². The molecule has 0 fully saturated rings. The molecule has 0 aliphatic heterocycles. The predicted molar refractivity (Wildman–Crippen MR) is 93.6 cm³/mol. The second-order valence-electron chi connectivity index (χ2n) is 6.06. The average Bonchev–Trinajstić information content (AvgIpc) is 2.92. The van der Waals surface area contributed by atoms with Crippen molar-refractivity contribution in [3.63, 3.8) is 0 Å². The summed E-state index contributed by atoms with van der Waals surface area (Å²) in [5.74, 6) is 0.814. The number of unbranched alkanes of at least 4 members (excludes halogenated alkanes) is 4. The molecule has 0 spiro atoms. The molecule has 8 nitrogen and oxygen atoms in total. The van der Waals surface area contributed by atoms with Crippen LogP contribution in [-0.4, -0.2) is 32.3 Å². The molecule has 0 aliphatic carbocycles. The van der Waals surface area contributed by atoms with Crippen LogP contribution in [-0.2, 0) is 22.3 Å². The molecule has 0 unspecified atom stereocenters. The Morgan fingerprint density at radius 2 is 2.04 bits per heavy atom. The molecule has 25 heavy (non-hydrogen) atoms. The molecule has 0 radical (unpaired) electrons. The van der Waals surface area contributed by atoms with Gasteiger partial charge in [0.05, 0.1) is 18.5 Å². The van der Waals surface area contributed by atoms with Gasteiger partial charge in [0.15, 0.2) is 0 Å². The van der Waals surface area contributed by atoms with Gasteiger partial charge in [0, 0.05) is 12.6 Å². The number of aryl methyl sites for hydroxylation is 1. The van der Waals surface area contributed by atoms with Crippen molar-refractivity contribution in [1.29, 1.82) is 0 Å². The molecule has 0 aliphatic rings. The highest BCUT2D eigenvalue weighted by Gasteiger charge is 2.13. The first kappa shape index (κ1) is 19.8. The summed E-state index contributed by atoms with van der Waals surface area (Å²) in [4.78, 5) is 33.3. The van der Waals surface area contributed by atoms with Gasteiger partial charge in [-0.2, -0.15) is 4.98 Å². The van der Waals surface area contributed by atoms with Crippen LogP contribution in [0.3, 0.4) is 0 Å². The van der Waals surface area contributed by atoms with Crippen LogP contribution < -0.4 is 5.69 Å². The van der Waals surface area contributed by atoms with E-state index in [4.69, 9.17) is 18.9 Å². The van der Waals surface area contributed by atoms with Gasteiger partial charge in [-0.3, -0.25) is 9.13 Å². The highest BCUT2D eigenvalue weighted by molar-refractivity contribution is 7.51. The molecular weight excluding hydrogens is 347 g/mol. The molecule has 140 valence electrons. The summed E-state index contributed by atoms with van der Waals surface area (Å²) < 4.78 is 22.6. The zero-order valence-electron chi connectivity index (χ0n) is 14.4. The Morgan fingerprint density at radius 1 is 1.28 bits per heavy atom.